The molecular weight excluding hydrogens is 340 g/mol. The zero-order valence-corrected chi connectivity index (χ0v) is 14.9. The standard InChI is InChI=1S/C17H18N4OS2/c1-9-20-21-16(22-9)15-14(10-6-7-18-8-13(10)23-15)17-19-11-4-2-3-5-12(11)24-17/h2-5,9,11-12,18,20H,6-8H2,1H3. The van der Waals surface area contributed by atoms with Gasteiger partial charge in [0.1, 0.15) is 9.92 Å². The lowest BCUT2D eigenvalue weighted by Crippen LogP contribution is -2.23. The Balaban J connectivity index is 1.60. The Hall–Kier alpha value is -1.57. The van der Waals surface area contributed by atoms with E-state index >= 15 is 0 Å². The number of nitrogens with zero attached hydrogens (tertiary/aromatic N) is 2. The number of fused-ring (bicyclic) bond motifs is 2. The lowest BCUT2D eigenvalue weighted by atomic mass is 10.0. The average Bonchev–Trinajstić information content (AvgIpc) is 3.29. The monoisotopic (exact) mass is 358 g/mol. The van der Waals surface area contributed by atoms with Crippen LogP contribution in [0.5, 0.6) is 0 Å². The summed E-state index contributed by atoms with van der Waals surface area (Å²) in [5.41, 5.74) is 5.69. The van der Waals surface area contributed by atoms with Gasteiger partial charge in [-0.1, -0.05) is 36.1 Å². The molecule has 0 saturated carbocycles. The maximum absolute atomic E-state index is 5.88. The second-order valence-corrected chi connectivity index (χ2v) is 8.49. The van der Waals surface area contributed by atoms with Gasteiger partial charge in [0.05, 0.1) is 11.3 Å². The van der Waals surface area contributed by atoms with Crippen molar-refractivity contribution >= 4 is 34.0 Å². The summed E-state index contributed by atoms with van der Waals surface area (Å²) >= 11 is 3.66. The number of hydrogen-bond donors (Lipinski definition) is 2. The van der Waals surface area contributed by atoms with Gasteiger partial charge in [-0.2, -0.15) is 0 Å². The van der Waals surface area contributed by atoms with Gasteiger partial charge < -0.3 is 10.1 Å². The molecule has 1 aromatic heterocycles. The topological polar surface area (TPSA) is 58.0 Å². The van der Waals surface area contributed by atoms with E-state index in [4.69, 9.17) is 9.73 Å². The van der Waals surface area contributed by atoms with Crippen molar-refractivity contribution in [2.45, 2.75) is 37.4 Å². The Kier molecular flexibility index (Phi) is 3.53. The van der Waals surface area contributed by atoms with Gasteiger partial charge in [0, 0.05) is 17.0 Å². The van der Waals surface area contributed by atoms with Crippen LogP contribution in [0.15, 0.2) is 34.4 Å². The van der Waals surface area contributed by atoms with Gasteiger partial charge in [0.15, 0.2) is 6.23 Å². The fourth-order valence-electron chi connectivity index (χ4n) is 3.40. The Morgan fingerprint density at radius 2 is 2.21 bits per heavy atom. The van der Waals surface area contributed by atoms with Crippen LogP contribution >= 0.6 is 23.1 Å². The molecule has 3 unspecified atom stereocenters. The van der Waals surface area contributed by atoms with Crippen LogP contribution < -0.4 is 10.7 Å². The molecule has 0 spiro atoms. The lowest BCUT2D eigenvalue weighted by molar-refractivity contribution is 0.209. The second-order valence-electron chi connectivity index (χ2n) is 6.22. The van der Waals surface area contributed by atoms with Crippen LogP contribution in [0.4, 0.5) is 0 Å². The molecule has 124 valence electrons. The van der Waals surface area contributed by atoms with Crippen molar-refractivity contribution in [2.24, 2.45) is 10.1 Å². The van der Waals surface area contributed by atoms with Crippen LogP contribution in [0.25, 0.3) is 0 Å². The minimum Gasteiger partial charge on any atom is -0.451 e. The van der Waals surface area contributed by atoms with Gasteiger partial charge in [-0.3, -0.25) is 10.4 Å². The first-order valence-electron chi connectivity index (χ1n) is 8.25. The lowest BCUT2D eigenvalue weighted by Gasteiger charge is -2.14. The van der Waals surface area contributed by atoms with Gasteiger partial charge in [0.25, 0.3) is 5.90 Å². The number of hydrogen-bond acceptors (Lipinski definition) is 7. The minimum atomic E-state index is -0.0725. The Morgan fingerprint density at radius 1 is 1.29 bits per heavy atom. The van der Waals surface area contributed by atoms with Gasteiger partial charge in [-0.15, -0.1) is 16.4 Å². The Morgan fingerprint density at radius 3 is 3.04 bits per heavy atom. The van der Waals surface area contributed by atoms with Gasteiger partial charge in [0.2, 0.25) is 0 Å². The summed E-state index contributed by atoms with van der Waals surface area (Å²) in [4.78, 5) is 7.52. The predicted octanol–water partition coefficient (Wildman–Crippen LogP) is 2.38. The molecule has 0 saturated heterocycles. The molecule has 1 aromatic rings. The number of aliphatic imine (C=N–C) groups is 1. The number of thioether (sulfide) groups is 1. The number of rotatable bonds is 2. The first-order valence-corrected chi connectivity index (χ1v) is 9.94. The highest BCUT2D eigenvalue weighted by Gasteiger charge is 2.35. The number of ether oxygens (including phenoxy) is 1. The van der Waals surface area contributed by atoms with Crippen LogP contribution in [0, 0.1) is 0 Å². The van der Waals surface area contributed by atoms with Gasteiger partial charge in [-0.25, -0.2) is 0 Å². The van der Waals surface area contributed by atoms with E-state index in [9.17, 15) is 0 Å². The summed E-state index contributed by atoms with van der Waals surface area (Å²) in [5.74, 6) is 0.709. The van der Waals surface area contributed by atoms with E-state index in [1.807, 2.05) is 18.7 Å². The summed E-state index contributed by atoms with van der Waals surface area (Å²) in [6.45, 7) is 3.91. The maximum atomic E-state index is 5.88. The molecule has 4 aliphatic rings. The highest BCUT2D eigenvalue weighted by Crippen LogP contribution is 2.40. The van der Waals surface area contributed by atoms with E-state index in [-0.39, 0.29) is 12.3 Å². The fourth-order valence-corrected chi connectivity index (χ4v) is 5.96. The Labute approximate surface area is 149 Å². The molecule has 0 radical (unpaired) electrons. The van der Waals surface area contributed by atoms with Gasteiger partial charge >= 0.3 is 0 Å². The molecular formula is C17H18N4OS2. The quantitative estimate of drug-likeness (QED) is 0.852. The number of allylic oxidation sites excluding steroid dienone is 2. The molecule has 0 fully saturated rings. The third-order valence-corrected chi connectivity index (χ3v) is 7.00. The average molecular weight is 358 g/mol. The summed E-state index contributed by atoms with van der Waals surface area (Å²) in [6.07, 6.45) is 9.63. The minimum absolute atomic E-state index is 0.0725. The fraction of sp³-hybridized carbons (Fsp3) is 0.412. The summed E-state index contributed by atoms with van der Waals surface area (Å²) in [7, 11) is 0. The molecule has 3 atom stereocenters. The van der Waals surface area contributed by atoms with Crippen molar-refractivity contribution in [1.29, 1.82) is 0 Å². The third kappa shape index (κ3) is 2.34. The molecule has 5 nitrogen and oxygen atoms in total. The highest BCUT2D eigenvalue weighted by atomic mass is 32.2. The summed E-state index contributed by atoms with van der Waals surface area (Å²) in [5, 5.41) is 9.42. The van der Waals surface area contributed by atoms with E-state index < -0.39 is 0 Å². The van der Waals surface area contributed by atoms with E-state index in [2.05, 4.69) is 40.1 Å². The molecule has 4 heterocycles. The van der Waals surface area contributed by atoms with Crippen molar-refractivity contribution in [3.05, 3.63) is 45.2 Å². The summed E-state index contributed by atoms with van der Waals surface area (Å²) < 4.78 is 5.88. The molecule has 0 amide bonds. The molecule has 24 heavy (non-hydrogen) atoms. The van der Waals surface area contributed by atoms with E-state index in [1.54, 1.807) is 11.3 Å². The van der Waals surface area contributed by atoms with Crippen LogP contribution in [-0.2, 0) is 17.7 Å². The number of nitrogens with one attached hydrogen (secondary N) is 2. The summed E-state index contributed by atoms with van der Waals surface area (Å²) in [6, 6.07) is 0.253. The van der Waals surface area contributed by atoms with Crippen LogP contribution in [-0.4, -0.2) is 35.0 Å². The third-order valence-electron chi connectivity index (χ3n) is 4.54. The highest BCUT2D eigenvalue weighted by molar-refractivity contribution is 8.15. The Bertz CT molecular complexity index is 808. The van der Waals surface area contributed by atoms with Gasteiger partial charge in [-0.05, 0) is 25.5 Å². The number of hydrazone groups is 1. The molecule has 0 aromatic carbocycles. The smallest absolute Gasteiger partial charge is 0.250 e. The molecule has 2 N–H and O–H groups in total. The van der Waals surface area contributed by atoms with Crippen molar-refractivity contribution in [2.75, 3.05) is 6.54 Å². The van der Waals surface area contributed by atoms with Crippen LogP contribution in [0.3, 0.4) is 0 Å². The van der Waals surface area contributed by atoms with E-state index in [0.717, 1.165) is 29.4 Å². The predicted molar refractivity (Wildman–Crippen MR) is 99.9 cm³/mol. The van der Waals surface area contributed by atoms with Crippen LogP contribution in [0.1, 0.15) is 27.8 Å². The van der Waals surface area contributed by atoms with Crippen molar-refractivity contribution < 1.29 is 4.74 Å². The molecule has 3 aliphatic heterocycles. The first-order chi connectivity index (χ1) is 11.8. The second kappa shape index (κ2) is 5.75. The van der Waals surface area contributed by atoms with Crippen molar-refractivity contribution in [3.63, 3.8) is 0 Å². The SMILES string of the molecule is CC1NN=C(c2sc3c(c2C2=NC4C=CC=CC4S2)CCNC3)O1. The largest absolute Gasteiger partial charge is 0.451 e. The molecule has 0 bridgehead atoms. The van der Waals surface area contributed by atoms with Crippen molar-refractivity contribution in [3.8, 4) is 0 Å². The zero-order valence-electron chi connectivity index (χ0n) is 13.3. The molecule has 1 aliphatic carbocycles. The van der Waals surface area contributed by atoms with Crippen molar-refractivity contribution in [1.82, 2.24) is 10.7 Å². The first kappa shape index (κ1) is 14.7. The van der Waals surface area contributed by atoms with E-state index in [0.29, 0.717) is 11.1 Å². The molecule has 7 heteroatoms. The maximum Gasteiger partial charge on any atom is 0.250 e. The van der Waals surface area contributed by atoms with Crippen LogP contribution in [0.2, 0.25) is 0 Å². The molecule has 5 rings (SSSR count). The number of thiophene rings is 1. The zero-order chi connectivity index (χ0) is 16.1. The normalized spacial score (nSPS) is 30.3. The van der Waals surface area contributed by atoms with E-state index in [1.165, 1.54) is 16.0 Å².